The van der Waals surface area contributed by atoms with Gasteiger partial charge in [0, 0.05) is 35.5 Å². The number of hydrogen-bond donors (Lipinski definition) is 1. The Morgan fingerprint density at radius 2 is 2.14 bits per heavy atom. The Labute approximate surface area is 140 Å². The number of thioether (sulfide) groups is 1. The number of amides is 1. The molecule has 1 aliphatic carbocycles. The van der Waals surface area contributed by atoms with Gasteiger partial charge in [0.05, 0.1) is 0 Å². The molecule has 21 heavy (non-hydrogen) atoms. The van der Waals surface area contributed by atoms with E-state index in [2.05, 4.69) is 16.7 Å². The second-order valence-corrected chi connectivity index (χ2v) is 8.16. The molecule has 4 nitrogen and oxygen atoms in total. The van der Waals surface area contributed by atoms with Crippen LogP contribution in [0.5, 0.6) is 0 Å². The van der Waals surface area contributed by atoms with E-state index in [1.165, 1.54) is 43.4 Å². The van der Waals surface area contributed by atoms with Crippen LogP contribution in [0.4, 0.5) is 0 Å². The van der Waals surface area contributed by atoms with Crippen molar-refractivity contribution < 1.29 is 4.79 Å². The van der Waals surface area contributed by atoms with Crippen LogP contribution in [0.15, 0.2) is 5.38 Å². The van der Waals surface area contributed by atoms with Gasteiger partial charge in [-0.05, 0) is 12.8 Å². The third kappa shape index (κ3) is 3.73. The molecule has 2 aliphatic rings. The molecule has 7 heteroatoms. The number of nitrogens with two attached hydrogens (primary N) is 1. The molecule has 0 atom stereocenters. The van der Waals surface area contributed by atoms with E-state index in [0.717, 1.165) is 23.8 Å². The molecule has 1 saturated carbocycles. The maximum absolute atomic E-state index is 12.6. The maximum atomic E-state index is 12.6. The number of nitrogens with zero attached hydrogens (tertiary/aromatic N) is 2. The van der Waals surface area contributed by atoms with Crippen molar-refractivity contribution in [3.8, 4) is 0 Å². The summed E-state index contributed by atoms with van der Waals surface area (Å²) in [5.41, 5.74) is 6.15. The summed E-state index contributed by atoms with van der Waals surface area (Å²) >= 11 is 3.56. The first kappa shape index (κ1) is 17.1. The van der Waals surface area contributed by atoms with Crippen molar-refractivity contribution in [2.45, 2.75) is 43.4 Å². The third-order valence-electron chi connectivity index (χ3n) is 4.25. The topological polar surface area (TPSA) is 59.2 Å². The summed E-state index contributed by atoms with van der Waals surface area (Å²) in [7, 11) is 0. The van der Waals surface area contributed by atoms with E-state index in [1.54, 1.807) is 0 Å². The van der Waals surface area contributed by atoms with E-state index in [-0.39, 0.29) is 18.3 Å². The predicted molar refractivity (Wildman–Crippen MR) is 91.4 cm³/mol. The van der Waals surface area contributed by atoms with Crippen molar-refractivity contribution in [1.82, 2.24) is 9.88 Å². The zero-order valence-electron chi connectivity index (χ0n) is 12.0. The van der Waals surface area contributed by atoms with Gasteiger partial charge in [0.15, 0.2) is 0 Å². The Kier molecular flexibility index (Phi) is 5.94. The van der Waals surface area contributed by atoms with Crippen molar-refractivity contribution in [2.75, 3.05) is 18.8 Å². The van der Waals surface area contributed by atoms with E-state index in [9.17, 15) is 4.79 Å². The van der Waals surface area contributed by atoms with Crippen molar-refractivity contribution in [3.63, 3.8) is 0 Å². The Hall–Kier alpha value is -0.300. The largest absolute Gasteiger partial charge is 0.335 e. The monoisotopic (exact) mass is 347 g/mol. The Balaban J connectivity index is 0.00000161. The lowest BCUT2D eigenvalue weighted by Crippen LogP contribution is -2.50. The summed E-state index contributed by atoms with van der Waals surface area (Å²) < 4.78 is 0.318. The van der Waals surface area contributed by atoms with Crippen molar-refractivity contribution >= 4 is 41.4 Å². The second kappa shape index (κ2) is 7.31. The van der Waals surface area contributed by atoms with E-state index < -0.39 is 0 Å². The standard InChI is InChI=1S/C14H21N3OS2.ClH/c15-8-12-16-11(9-19-12)13(18)17-6-7-20-14(10-17)4-2-1-3-5-14;/h9H,1-8,10,15H2;1H. The Morgan fingerprint density at radius 1 is 1.38 bits per heavy atom. The van der Waals surface area contributed by atoms with Gasteiger partial charge in [0.2, 0.25) is 0 Å². The van der Waals surface area contributed by atoms with Crippen LogP contribution >= 0.6 is 35.5 Å². The maximum Gasteiger partial charge on any atom is 0.273 e. The van der Waals surface area contributed by atoms with Gasteiger partial charge in [0.25, 0.3) is 5.91 Å². The van der Waals surface area contributed by atoms with Crippen LogP contribution < -0.4 is 5.73 Å². The van der Waals surface area contributed by atoms with E-state index in [4.69, 9.17) is 5.73 Å². The fourth-order valence-electron chi connectivity index (χ4n) is 3.18. The molecule has 1 aromatic rings. The highest BCUT2D eigenvalue weighted by Crippen LogP contribution is 2.42. The Morgan fingerprint density at radius 3 is 2.81 bits per heavy atom. The molecule has 1 saturated heterocycles. The molecule has 3 rings (SSSR count). The van der Waals surface area contributed by atoms with Gasteiger partial charge < -0.3 is 10.6 Å². The number of rotatable bonds is 2. The molecule has 1 amide bonds. The first-order chi connectivity index (χ1) is 9.72. The van der Waals surface area contributed by atoms with Crippen LogP contribution in [0.1, 0.15) is 47.6 Å². The average Bonchev–Trinajstić information content (AvgIpc) is 2.96. The molecule has 2 N–H and O–H groups in total. The van der Waals surface area contributed by atoms with Crippen LogP contribution in [-0.2, 0) is 6.54 Å². The molecular formula is C14H22ClN3OS2. The molecule has 1 aromatic heterocycles. The molecule has 1 aliphatic heterocycles. The minimum atomic E-state index is 0. The minimum absolute atomic E-state index is 0. The lowest BCUT2D eigenvalue weighted by Gasteiger charge is -2.44. The van der Waals surface area contributed by atoms with Crippen LogP contribution in [0.3, 0.4) is 0 Å². The van der Waals surface area contributed by atoms with Crippen molar-refractivity contribution in [2.24, 2.45) is 5.73 Å². The number of hydrogen-bond acceptors (Lipinski definition) is 5. The summed E-state index contributed by atoms with van der Waals surface area (Å²) in [5, 5.41) is 2.69. The highest BCUT2D eigenvalue weighted by Gasteiger charge is 2.39. The predicted octanol–water partition coefficient (Wildman–Crippen LogP) is 2.92. The van der Waals surface area contributed by atoms with Crippen LogP contribution in [0.25, 0.3) is 0 Å². The highest BCUT2D eigenvalue weighted by atomic mass is 35.5. The fourth-order valence-corrected chi connectivity index (χ4v) is 5.40. The smallest absolute Gasteiger partial charge is 0.273 e. The van der Waals surface area contributed by atoms with E-state index in [1.807, 2.05) is 10.3 Å². The molecule has 0 aromatic carbocycles. The average molecular weight is 348 g/mol. The molecule has 0 radical (unpaired) electrons. The number of aromatic nitrogens is 1. The van der Waals surface area contributed by atoms with E-state index in [0.29, 0.717) is 17.0 Å². The van der Waals surface area contributed by atoms with Crippen LogP contribution in [-0.4, -0.2) is 39.4 Å². The van der Waals surface area contributed by atoms with Gasteiger partial charge in [-0.1, -0.05) is 19.3 Å². The lowest BCUT2D eigenvalue weighted by molar-refractivity contribution is 0.0725. The summed E-state index contributed by atoms with van der Waals surface area (Å²) in [6, 6.07) is 0. The molecule has 2 heterocycles. The zero-order valence-corrected chi connectivity index (χ0v) is 14.5. The summed E-state index contributed by atoms with van der Waals surface area (Å²) in [4.78, 5) is 18.9. The van der Waals surface area contributed by atoms with Crippen molar-refractivity contribution in [1.29, 1.82) is 0 Å². The van der Waals surface area contributed by atoms with Crippen LogP contribution in [0.2, 0.25) is 0 Å². The number of carbonyl (C=O) groups excluding carboxylic acids is 1. The van der Waals surface area contributed by atoms with E-state index >= 15 is 0 Å². The third-order valence-corrected chi connectivity index (χ3v) is 6.65. The summed E-state index contributed by atoms with van der Waals surface area (Å²) in [6.45, 7) is 2.16. The quantitative estimate of drug-likeness (QED) is 0.893. The minimum Gasteiger partial charge on any atom is -0.335 e. The van der Waals surface area contributed by atoms with Gasteiger partial charge in [-0.2, -0.15) is 11.8 Å². The fraction of sp³-hybridized carbons (Fsp3) is 0.714. The van der Waals surface area contributed by atoms with Crippen molar-refractivity contribution in [3.05, 3.63) is 16.1 Å². The molecule has 0 bridgehead atoms. The van der Waals surface area contributed by atoms with Gasteiger partial charge in [-0.15, -0.1) is 23.7 Å². The number of carbonyl (C=O) groups is 1. The second-order valence-electron chi connectivity index (χ2n) is 5.65. The van der Waals surface area contributed by atoms with Crippen LogP contribution in [0, 0.1) is 0 Å². The molecule has 0 unspecified atom stereocenters. The van der Waals surface area contributed by atoms with Gasteiger partial charge in [-0.3, -0.25) is 4.79 Å². The molecule has 1 spiro atoms. The first-order valence-electron chi connectivity index (χ1n) is 7.30. The first-order valence-corrected chi connectivity index (χ1v) is 9.17. The number of halogens is 1. The summed E-state index contributed by atoms with van der Waals surface area (Å²) in [6.07, 6.45) is 6.48. The highest BCUT2D eigenvalue weighted by molar-refractivity contribution is 8.00. The number of thiazole rings is 1. The normalized spacial score (nSPS) is 21.1. The zero-order chi connectivity index (χ0) is 14.0. The molecular weight excluding hydrogens is 326 g/mol. The summed E-state index contributed by atoms with van der Waals surface area (Å²) in [5.74, 6) is 1.14. The SMILES string of the molecule is Cl.NCc1nc(C(=O)N2CCSC3(CCCCC3)C2)cs1. The molecule has 118 valence electrons. The Bertz CT molecular complexity index is 483. The van der Waals surface area contributed by atoms with Gasteiger partial charge in [-0.25, -0.2) is 4.98 Å². The molecule has 2 fully saturated rings. The van der Waals surface area contributed by atoms with Gasteiger partial charge in [0.1, 0.15) is 10.7 Å². The van der Waals surface area contributed by atoms with Gasteiger partial charge >= 0.3 is 0 Å². The lowest BCUT2D eigenvalue weighted by atomic mass is 9.87.